The van der Waals surface area contributed by atoms with Crippen LogP contribution in [0.2, 0.25) is 0 Å². The molecule has 4 rings (SSSR count). The SMILES string of the molecule is CC(=O)OCC12CC(O)C3(CC1O2)C(C)(C)C(Br)=CC1OC13C. The first-order chi connectivity index (χ1) is 10.6. The zero-order chi connectivity index (χ0) is 16.8. The molecule has 6 atom stereocenters. The molecule has 6 unspecified atom stereocenters. The predicted molar refractivity (Wildman–Crippen MR) is 86.0 cm³/mol. The third-order valence-electron chi connectivity index (χ3n) is 6.79. The number of aliphatic hydroxyl groups is 1. The molecule has 3 fully saturated rings. The minimum absolute atomic E-state index is 0.00426. The summed E-state index contributed by atoms with van der Waals surface area (Å²) in [7, 11) is 0. The van der Waals surface area contributed by atoms with Gasteiger partial charge < -0.3 is 19.3 Å². The van der Waals surface area contributed by atoms with Crippen LogP contribution in [0.5, 0.6) is 0 Å². The van der Waals surface area contributed by atoms with E-state index in [1.165, 1.54) is 6.92 Å². The van der Waals surface area contributed by atoms with Gasteiger partial charge in [0.25, 0.3) is 0 Å². The molecule has 128 valence electrons. The largest absolute Gasteiger partial charge is 0.463 e. The van der Waals surface area contributed by atoms with E-state index in [-0.39, 0.29) is 35.8 Å². The van der Waals surface area contributed by atoms with Gasteiger partial charge in [-0.15, -0.1) is 0 Å². The van der Waals surface area contributed by atoms with Gasteiger partial charge in [-0.25, -0.2) is 0 Å². The number of carbonyl (C=O) groups excluding carboxylic acids is 1. The lowest BCUT2D eigenvalue weighted by Crippen LogP contribution is -2.62. The maximum Gasteiger partial charge on any atom is 0.302 e. The zero-order valence-electron chi connectivity index (χ0n) is 13.9. The van der Waals surface area contributed by atoms with E-state index in [0.29, 0.717) is 12.8 Å². The molecule has 5 nitrogen and oxygen atoms in total. The van der Waals surface area contributed by atoms with Crippen molar-refractivity contribution in [2.45, 2.75) is 70.1 Å². The van der Waals surface area contributed by atoms with Crippen molar-refractivity contribution in [3.8, 4) is 0 Å². The second-order valence-electron chi connectivity index (χ2n) is 8.13. The molecule has 0 aromatic carbocycles. The highest BCUT2D eigenvalue weighted by Crippen LogP contribution is 2.73. The Kier molecular flexibility index (Phi) is 3.07. The highest BCUT2D eigenvalue weighted by Gasteiger charge is 2.80. The van der Waals surface area contributed by atoms with Crippen molar-refractivity contribution in [2.75, 3.05) is 6.61 Å². The number of rotatable bonds is 2. The van der Waals surface area contributed by atoms with Gasteiger partial charge in [-0.05, 0) is 19.4 Å². The average molecular weight is 387 g/mol. The van der Waals surface area contributed by atoms with Crippen LogP contribution in [0.4, 0.5) is 0 Å². The van der Waals surface area contributed by atoms with E-state index >= 15 is 0 Å². The number of hydrogen-bond acceptors (Lipinski definition) is 5. The van der Waals surface area contributed by atoms with Crippen LogP contribution in [0.25, 0.3) is 0 Å². The number of carbonyl (C=O) groups is 1. The Morgan fingerprint density at radius 1 is 1.39 bits per heavy atom. The molecule has 0 radical (unpaired) electrons. The van der Waals surface area contributed by atoms with Crippen molar-refractivity contribution < 1.29 is 24.1 Å². The first-order valence-electron chi connectivity index (χ1n) is 8.14. The number of hydrogen-bond donors (Lipinski definition) is 1. The molecule has 1 N–H and O–H groups in total. The van der Waals surface area contributed by atoms with Gasteiger partial charge in [-0.3, -0.25) is 4.79 Å². The molecule has 2 aliphatic heterocycles. The van der Waals surface area contributed by atoms with Crippen molar-refractivity contribution >= 4 is 21.9 Å². The quantitative estimate of drug-likeness (QED) is 0.582. The van der Waals surface area contributed by atoms with Crippen LogP contribution in [0.3, 0.4) is 0 Å². The Morgan fingerprint density at radius 2 is 2.09 bits per heavy atom. The maximum absolute atomic E-state index is 11.2. The van der Waals surface area contributed by atoms with Gasteiger partial charge in [0.15, 0.2) is 0 Å². The van der Waals surface area contributed by atoms with Crippen LogP contribution < -0.4 is 0 Å². The molecule has 4 aliphatic rings. The van der Waals surface area contributed by atoms with Crippen molar-refractivity contribution in [2.24, 2.45) is 10.8 Å². The minimum atomic E-state index is -0.581. The number of epoxide rings is 2. The summed E-state index contributed by atoms with van der Waals surface area (Å²) >= 11 is 3.70. The van der Waals surface area contributed by atoms with Crippen molar-refractivity contribution in [3.63, 3.8) is 0 Å². The van der Waals surface area contributed by atoms with Crippen LogP contribution in [-0.2, 0) is 19.0 Å². The molecule has 0 aromatic heterocycles. The van der Waals surface area contributed by atoms with Gasteiger partial charge in [-0.1, -0.05) is 29.8 Å². The third kappa shape index (κ3) is 1.81. The third-order valence-corrected chi connectivity index (χ3v) is 8.05. The lowest BCUT2D eigenvalue weighted by molar-refractivity contribution is -0.147. The molecule has 2 heterocycles. The van der Waals surface area contributed by atoms with Crippen LogP contribution in [-0.4, -0.2) is 47.2 Å². The highest BCUT2D eigenvalue weighted by atomic mass is 79.9. The summed E-state index contributed by atoms with van der Waals surface area (Å²) in [6.45, 7) is 8.02. The molecular formula is C17H23BrO5. The normalized spacial score (nSPS) is 52.3. The molecule has 2 saturated heterocycles. The number of fused-ring (bicyclic) bond motifs is 3. The van der Waals surface area contributed by atoms with Crippen LogP contribution in [0.15, 0.2) is 10.6 Å². The first kappa shape index (κ1) is 16.1. The summed E-state index contributed by atoms with van der Waals surface area (Å²) in [5.74, 6) is -0.315. The van der Waals surface area contributed by atoms with Gasteiger partial charge in [0.1, 0.15) is 23.9 Å². The van der Waals surface area contributed by atoms with E-state index in [1.54, 1.807) is 0 Å². The summed E-state index contributed by atoms with van der Waals surface area (Å²) in [6.07, 6.45) is 2.76. The molecule has 1 spiro atoms. The number of allylic oxidation sites excluding steroid dienone is 1. The molecule has 0 amide bonds. The number of aliphatic hydroxyl groups excluding tert-OH is 1. The average Bonchev–Trinajstić information content (AvgIpc) is 3.30. The fraction of sp³-hybridized carbons (Fsp3) is 0.824. The molecule has 1 saturated carbocycles. The second-order valence-corrected chi connectivity index (χ2v) is 8.99. The molecule has 0 aromatic rings. The van der Waals surface area contributed by atoms with Gasteiger partial charge >= 0.3 is 5.97 Å². The molecule has 0 bridgehead atoms. The van der Waals surface area contributed by atoms with Gasteiger partial charge in [0, 0.05) is 28.7 Å². The zero-order valence-corrected chi connectivity index (χ0v) is 15.5. The summed E-state index contributed by atoms with van der Waals surface area (Å²) in [4.78, 5) is 11.1. The number of ether oxygens (including phenoxy) is 3. The van der Waals surface area contributed by atoms with E-state index in [4.69, 9.17) is 14.2 Å². The maximum atomic E-state index is 11.2. The van der Waals surface area contributed by atoms with Crippen molar-refractivity contribution in [3.05, 3.63) is 10.6 Å². The summed E-state index contributed by atoms with van der Waals surface area (Å²) in [5, 5.41) is 11.2. The van der Waals surface area contributed by atoms with E-state index < -0.39 is 17.1 Å². The Labute approximate surface area is 144 Å². The van der Waals surface area contributed by atoms with Gasteiger partial charge in [-0.2, -0.15) is 0 Å². The predicted octanol–water partition coefficient (Wildman–Crippen LogP) is 2.30. The van der Waals surface area contributed by atoms with E-state index in [2.05, 4.69) is 42.8 Å². The monoisotopic (exact) mass is 386 g/mol. The van der Waals surface area contributed by atoms with Gasteiger partial charge in [0.2, 0.25) is 0 Å². The second kappa shape index (κ2) is 4.40. The number of esters is 1. The molecule has 2 aliphatic carbocycles. The Bertz CT molecular complexity index is 616. The van der Waals surface area contributed by atoms with Gasteiger partial charge in [0.05, 0.1) is 12.2 Å². The fourth-order valence-corrected chi connectivity index (χ4v) is 5.75. The fourth-order valence-electron chi connectivity index (χ4n) is 5.16. The molecular weight excluding hydrogens is 364 g/mol. The minimum Gasteiger partial charge on any atom is -0.463 e. The van der Waals surface area contributed by atoms with E-state index in [1.807, 2.05) is 0 Å². The highest BCUT2D eigenvalue weighted by molar-refractivity contribution is 9.11. The van der Waals surface area contributed by atoms with Crippen LogP contribution in [0, 0.1) is 10.8 Å². The van der Waals surface area contributed by atoms with Crippen molar-refractivity contribution in [1.29, 1.82) is 0 Å². The van der Waals surface area contributed by atoms with Crippen molar-refractivity contribution in [1.82, 2.24) is 0 Å². The molecule has 23 heavy (non-hydrogen) atoms. The lowest BCUT2D eigenvalue weighted by Gasteiger charge is -2.56. The number of halogens is 1. The molecule has 6 heteroatoms. The summed E-state index contributed by atoms with van der Waals surface area (Å²) in [5.41, 5.74) is -1.56. The lowest BCUT2D eigenvalue weighted by atomic mass is 9.48. The Balaban J connectivity index is 1.67. The van der Waals surface area contributed by atoms with Crippen LogP contribution in [0.1, 0.15) is 40.5 Å². The topological polar surface area (TPSA) is 71.6 Å². The van der Waals surface area contributed by atoms with E-state index in [9.17, 15) is 9.90 Å². The summed E-state index contributed by atoms with van der Waals surface area (Å²) in [6, 6.07) is 0. The van der Waals surface area contributed by atoms with E-state index in [0.717, 1.165) is 4.48 Å². The Morgan fingerprint density at radius 3 is 2.74 bits per heavy atom. The smallest absolute Gasteiger partial charge is 0.302 e. The Hall–Kier alpha value is -0.430. The summed E-state index contributed by atoms with van der Waals surface area (Å²) < 4.78 is 18.2. The van der Waals surface area contributed by atoms with Crippen LogP contribution >= 0.6 is 15.9 Å². The standard InChI is InChI=1S/C17H23BrO5/c1-9(19)21-8-16-6-11(20)17(7-13(16)23-16)14(2,3)10(18)5-12-15(17,4)22-12/h5,11-13,20H,6-8H2,1-4H3. The first-order valence-corrected chi connectivity index (χ1v) is 8.93.